The van der Waals surface area contributed by atoms with Crippen molar-refractivity contribution in [1.82, 2.24) is 4.98 Å². The summed E-state index contributed by atoms with van der Waals surface area (Å²) in [5.41, 5.74) is 2.33. The lowest BCUT2D eigenvalue weighted by Crippen LogP contribution is -2.03. The van der Waals surface area contributed by atoms with Crippen LogP contribution in [0.2, 0.25) is 4.34 Å². The van der Waals surface area contributed by atoms with E-state index in [1.54, 1.807) is 22.7 Å². The minimum Gasteiger partial charge on any atom is -0.361 e. The number of para-hydroxylation sites is 1. The maximum atomic E-state index is 5.92. The van der Waals surface area contributed by atoms with Crippen LogP contribution in [0, 0.1) is 6.92 Å². The second-order valence-corrected chi connectivity index (χ2v) is 7.15. The van der Waals surface area contributed by atoms with Crippen molar-refractivity contribution in [2.24, 2.45) is 0 Å². The first kappa shape index (κ1) is 12.9. The van der Waals surface area contributed by atoms with Gasteiger partial charge in [0.2, 0.25) is 0 Å². The first-order chi connectivity index (χ1) is 9.22. The molecule has 19 heavy (non-hydrogen) atoms. The molecule has 0 bridgehead atoms. The Morgan fingerprint density at radius 1 is 1.21 bits per heavy atom. The highest BCUT2D eigenvalue weighted by Crippen LogP contribution is 2.28. The summed E-state index contributed by atoms with van der Waals surface area (Å²) in [5, 5.41) is 4.38. The summed E-state index contributed by atoms with van der Waals surface area (Å²) in [4.78, 5) is 5.93. The molecule has 3 aromatic rings. The summed E-state index contributed by atoms with van der Waals surface area (Å²) in [5.74, 6) is 0. The second-order valence-electron chi connectivity index (χ2n) is 4.32. The zero-order chi connectivity index (χ0) is 13.2. The number of thiophene rings is 1. The maximum absolute atomic E-state index is 5.92. The van der Waals surface area contributed by atoms with E-state index in [2.05, 4.69) is 41.5 Å². The number of halogens is 1. The Labute approximate surface area is 125 Å². The molecule has 0 aliphatic heterocycles. The van der Waals surface area contributed by atoms with Crippen molar-refractivity contribution in [3.05, 3.63) is 45.1 Å². The first-order valence-corrected chi connectivity index (χ1v) is 8.08. The Kier molecular flexibility index (Phi) is 3.73. The van der Waals surface area contributed by atoms with Crippen LogP contribution in [0.3, 0.4) is 0 Å². The number of nitrogens with one attached hydrogen (secondary N) is 1. The maximum Gasteiger partial charge on any atom is 0.183 e. The van der Waals surface area contributed by atoms with Gasteiger partial charge >= 0.3 is 0 Å². The largest absolute Gasteiger partial charge is 0.361 e. The average Bonchev–Trinajstić information content (AvgIpc) is 2.97. The van der Waals surface area contributed by atoms with Gasteiger partial charge in [-0.2, -0.15) is 0 Å². The quantitative estimate of drug-likeness (QED) is 0.735. The Bertz CT molecular complexity index is 702. The molecule has 0 atom stereocenters. The lowest BCUT2D eigenvalue weighted by molar-refractivity contribution is 1.04. The predicted octanol–water partition coefficient (Wildman–Crippen LogP) is 4.97. The topological polar surface area (TPSA) is 24.9 Å². The van der Waals surface area contributed by atoms with E-state index in [9.17, 15) is 0 Å². The number of hydrogen-bond acceptors (Lipinski definition) is 4. The SMILES string of the molecule is Cc1cccc2sc(NCCc3ccc(Cl)s3)nc12. The van der Waals surface area contributed by atoms with Crippen LogP contribution in [0.4, 0.5) is 5.13 Å². The molecule has 3 rings (SSSR count). The molecule has 1 aromatic carbocycles. The van der Waals surface area contributed by atoms with Gasteiger partial charge in [0.05, 0.1) is 14.6 Å². The van der Waals surface area contributed by atoms with Gasteiger partial charge in [-0.1, -0.05) is 35.1 Å². The van der Waals surface area contributed by atoms with Crippen LogP contribution in [0.1, 0.15) is 10.4 Å². The Morgan fingerprint density at radius 3 is 2.84 bits per heavy atom. The van der Waals surface area contributed by atoms with E-state index in [0.29, 0.717) is 0 Å². The molecule has 2 heterocycles. The van der Waals surface area contributed by atoms with Crippen LogP contribution in [-0.2, 0) is 6.42 Å². The fraction of sp³-hybridized carbons (Fsp3) is 0.214. The molecule has 0 saturated heterocycles. The van der Waals surface area contributed by atoms with Gasteiger partial charge in [-0.3, -0.25) is 0 Å². The number of thiazole rings is 1. The normalized spacial score (nSPS) is 11.1. The third kappa shape index (κ3) is 2.91. The van der Waals surface area contributed by atoms with Gasteiger partial charge in [-0.05, 0) is 37.1 Å². The molecule has 2 nitrogen and oxygen atoms in total. The Balaban J connectivity index is 1.67. The smallest absolute Gasteiger partial charge is 0.183 e. The highest BCUT2D eigenvalue weighted by atomic mass is 35.5. The third-order valence-corrected chi connectivity index (χ3v) is 5.17. The summed E-state index contributed by atoms with van der Waals surface area (Å²) in [6.45, 7) is 2.98. The second kappa shape index (κ2) is 5.49. The molecule has 0 saturated carbocycles. The van der Waals surface area contributed by atoms with Crippen molar-refractivity contribution >= 4 is 49.6 Å². The summed E-state index contributed by atoms with van der Waals surface area (Å²) in [6, 6.07) is 10.3. The molecule has 2 aromatic heterocycles. The Morgan fingerprint density at radius 2 is 2.11 bits per heavy atom. The van der Waals surface area contributed by atoms with E-state index in [4.69, 9.17) is 11.6 Å². The van der Waals surface area contributed by atoms with Crippen molar-refractivity contribution < 1.29 is 0 Å². The average molecular weight is 309 g/mol. The lowest BCUT2D eigenvalue weighted by Gasteiger charge is -1.99. The van der Waals surface area contributed by atoms with Gasteiger partial charge in [-0.15, -0.1) is 11.3 Å². The summed E-state index contributed by atoms with van der Waals surface area (Å²) in [6.07, 6.45) is 0.978. The van der Waals surface area contributed by atoms with Gasteiger partial charge in [-0.25, -0.2) is 4.98 Å². The van der Waals surface area contributed by atoms with Crippen LogP contribution in [0.15, 0.2) is 30.3 Å². The van der Waals surface area contributed by atoms with Crippen LogP contribution in [0.25, 0.3) is 10.2 Å². The molecule has 0 fully saturated rings. The van der Waals surface area contributed by atoms with Crippen LogP contribution in [0.5, 0.6) is 0 Å². The molecule has 0 radical (unpaired) electrons. The van der Waals surface area contributed by atoms with E-state index in [1.165, 1.54) is 15.1 Å². The van der Waals surface area contributed by atoms with Gasteiger partial charge in [0.25, 0.3) is 0 Å². The molecular formula is C14H13ClN2S2. The van der Waals surface area contributed by atoms with Crippen LogP contribution < -0.4 is 5.32 Å². The predicted molar refractivity (Wildman–Crippen MR) is 85.9 cm³/mol. The number of nitrogens with zero attached hydrogens (tertiary/aromatic N) is 1. The number of benzene rings is 1. The number of rotatable bonds is 4. The summed E-state index contributed by atoms with van der Waals surface area (Å²) in [7, 11) is 0. The fourth-order valence-corrected chi connectivity index (χ4v) is 4.00. The zero-order valence-electron chi connectivity index (χ0n) is 10.4. The van der Waals surface area contributed by atoms with Crippen LogP contribution in [-0.4, -0.2) is 11.5 Å². The van der Waals surface area contributed by atoms with Crippen molar-refractivity contribution in [2.75, 3.05) is 11.9 Å². The van der Waals surface area contributed by atoms with Gasteiger partial charge in [0.15, 0.2) is 5.13 Å². The van der Waals surface area contributed by atoms with Crippen molar-refractivity contribution in [3.63, 3.8) is 0 Å². The van der Waals surface area contributed by atoms with Gasteiger partial charge in [0.1, 0.15) is 0 Å². The molecule has 1 N–H and O–H groups in total. The highest BCUT2D eigenvalue weighted by Gasteiger charge is 2.05. The number of aryl methyl sites for hydroxylation is 1. The Hall–Kier alpha value is -1.10. The van der Waals surface area contributed by atoms with E-state index in [0.717, 1.165) is 28.0 Å². The fourth-order valence-electron chi connectivity index (χ4n) is 1.94. The summed E-state index contributed by atoms with van der Waals surface area (Å²) >= 11 is 9.26. The minimum atomic E-state index is 0.852. The van der Waals surface area contributed by atoms with Crippen molar-refractivity contribution in [1.29, 1.82) is 0 Å². The molecule has 0 aliphatic carbocycles. The monoisotopic (exact) mass is 308 g/mol. The van der Waals surface area contributed by atoms with Crippen LogP contribution >= 0.6 is 34.3 Å². The molecule has 98 valence electrons. The van der Waals surface area contributed by atoms with E-state index < -0.39 is 0 Å². The molecular weight excluding hydrogens is 296 g/mol. The number of aromatic nitrogens is 1. The minimum absolute atomic E-state index is 0.852. The zero-order valence-corrected chi connectivity index (χ0v) is 12.8. The van der Waals surface area contributed by atoms with Gasteiger partial charge < -0.3 is 5.32 Å². The number of anilines is 1. The lowest BCUT2D eigenvalue weighted by atomic mass is 10.2. The number of fused-ring (bicyclic) bond motifs is 1. The van der Waals surface area contributed by atoms with Crippen molar-refractivity contribution in [2.45, 2.75) is 13.3 Å². The van der Waals surface area contributed by atoms with E-state index in [1.807, 2.05) is 6.07 Å². The molecule has 0 amide bonds. The molecule has 5 heteroatoms. The summed E-state index contributed by atoms with van der Waals surface area (Å²) < 4.78 is 2.09. The number of hydrogen-bond donors (Lipinski definition) is 1. The van der Waals surface area contributed by atoms with E-state index >= 15 is 0 Å². The standard InChI is InChI=1S/C14H13ClN2S2/c1-9-3-2-4-11-13(9)17-14(19-11)16-8-7-10-5-6-12(15)18-10/h2-6H,7-8H2,1H3,(H,16,17). The van der Waals surface area contributed by atoms with Crippen molar-refractivity contribution in [3.8, 4) is 0 Å². The molecule has 0 spiro atoms. The first-order valence-electron chi connectivity index (χ1n) is 6.06. The highest BCUT2D eigenvalue weighted by molar-refractivity contribution is 7.22. The third-order valence-electron chi connectivity index (χ3n) is 2.90. The van der Waals surface area contributed by atoms with Gasteiger partial charge in [0, 0.05) is 11.4 Å². The molecule has 0 aliphatic rings. The van der Waals surface area contributed by atoms with E-state index in [-0.39, 0.29) is 0 Å². The molecule has 0 unspecified atom stereocenters.